The van der Waals surface area contributed by atoms with Gasteiger partial charge in [-0.2, -0.15) is 0 Å². The van der Waals surface area contributed by atoms with E-state index in [0.29, 0.717) is 55.6 Å². The van der Waals surface area contributed by atoms with Crippen LogP contribution < -0.4 is 24.4 Å². The number of aromatic carboxylic acids is 1. The third-order valence-electron chi connectivity index (χ3n) is 6.94. The molecule has 10 nitrogen and oxygen atoms in total. The number of hydrogen-bond donors (Lipinski definition) is 1. The molecule has 11 heteroatoms. The first kappa shape index (κ1) is 29.6. The van der Waals surface area contributed by atoms with Gasteiger partial charge in [-0.05, 0) is 55.8 Å². The minimum absolute atomic E-state index is 0.161. The SMILES string of the molecule is CCCC1=C(C(=O)OCC)[C@@H](c2cc(OC)ccc2OC)n2c(s/c(=C\c3ccc(-c4ccc(C(=O)O)cc4)o3)c2=O)=N1. The zero-order valence-electron chi connectivity index (χ0n) is 24.1. The molecule has 0 bridgehead atoms. The largest absolute Gasteiger partial charge is 0.497 e. The molecule has 3 heterocycles. The Morgan fingerprint density at radius 2 is 1.84 bits per heavy atom. The summed E-state index contributed by atoms with van der Waals surface area (Å²) in [6.07, 6.45) is 2.86. The summed E-state index contributed by atoms with van der Waals surface area (Å²) in [6.45, 7) is 3.88. The number of aromatic nitrogens is 1. The zero-order valence-corrected chi connectivity index (χ0v) is 24.9. The number of methoxy groups -OCH3 is 2. The number of nitrogens with zero attached hydrogens (tertiary/aromatic N) is 2. The van der Waals surface area contributed by atoms with Gasteiger partial charge in [-0.1, -0.05) is 36.8 Å². The quantitative estimate of drug-likeness (QED) is 0.262. The minimum atomic E-state index is -1.01. The van der Waals surface area contributed by atoms with Crippen molar-refractivity contribution < 1.29 is 33.3 Å². The summed E-state index contributed by atoms with van der Waals surface area (Å²) in [5.74, 6) is 0.393. The molecule has 0 radical (unpaired) electrons. The Morgan fingerprint density at radius 1 is 1.07 bits per heavy atom. The number of ether oxygens (including phenoxy) is 3. The van der Waals surface area contributed by atoms with Crippen molar-refractivity contribution in [2.45, 2.75) is 32.7 Å². The van der Waals surface area contributed by atoms with Crippen LogP contribution in [0.15, 0.2) is 80.1 Å². The van der Waals surface area contributed by atoms with E-state index >= 15 is 0 Å². The molecule has 4 aromatic rings. The van der Waals surface area contributed by atoms with E-state index in [1.54, 1.807) is 62.6 Å². The van der Waals surface area contributed by atoms with Crippen molar-refractivity contribution in [3.8, 4) is 22.8 Å². The summed E-state index contributed by atoms with van der Waals surface area (Å²) in [6, 6.07) is 14.2. The Labute approximate surface area is 250 Å². The smallest absolute Gasteiger partial charge is 0.338 e. The molecular formula is C32H30N2O8S. The number of thiazole rings is 1. The van der Waals surface area contributed by atoms with E-state index in [2.05, 4.69) is 0 Å². The summed E-state index contributed by atoms with van der Waals surface area (Å²) in [5, 5.41) is 9.17. The fraction of sp³-hybridized carbons (Fsp3) is 0.250. The Hall–Kier alpha value is -4.90. The third-order valence-corrected chi connectivity index (χ3v) is 7.92. The molecule has 5 rings (SSSR count). The highest BCUT2D eigenvalue weighted by Crippen LogP contribution is 2.38. The summed E-state index contributed by atoms with van der Waals surface area (Å²) in [7, 11) is 3.07. The predicted octanol–water partition coefficient (Wildman–Crippen LogP) is 4.55. The fourth-order valence-corrected chi connectivity index (χ4v) is 5.96. The van der Waals surface area contributed by atoms with Crippen LogP contribution in [-0.4, -0.2) is 42.4 Å². The normalized spacial score (nSPS) is 14.7. The van der Waals surface area contributed by atoms with Gasteiger partial charge in [0.05, 0.1) is 42.2 Å². The van der Waals surface area contributed by atoms with Crippen LogP contribution in [0.4, 0.5) is 0 Å². The highest BCUT2D eigenvalue weighted by Gasteiger charge is 2.36. The minimum Gasteiger partial charge on any atom is -0.497 e. The van der Waals surface area contributed by atoms with Crippen LogP contribution >= 0.6 is 11.3 Å². The molecule has 0 saturated heterocycles. The standard InChI is InChI=1S/C32H30N2O8S/c1-5-7-23-27(31(38)41-6-2)28(22-16-20(39-3)12-15-25(22)40-4)34-29(35)26(43-32(34)33-23)17-21-13-14-24(42-21)18-8-10-19(11-9-18)30(36)37/h8-17,28H,5-7H2,1-4H3,(H,36,37)/b26-17-/t28-/m1/s1. The number of furan rings is 1. The average molecular weight is 603 g/mol. The number of benzene rings is 2. The van der Waals surface area contributed by atoms with Crippen molar-refractivity contribution in [3.63, 3.8) is 0 Å². The van der Waals surface area contributed by atoms with Crippen LogP contribution in [0, 0.1) is 0 Å². The van der Waals surface area contributed by atoms with Crippen molar-refractivity contribution in [1.82, 2.24) is 4.57 Å². The molecule has 1 atom stereocenters. The Kier molecular flexibility index (Phi) is 8.63. The number of allylic oxidation sites excluding steroid dienone is 1. The molecule has 1 N–H and O–H groups in total. The molecule has 1 aliphatic heterocycles. The van der Waals surface area contributed by atoms with Crippen molar-refractivity contribution >= 4 is 29.4 Å². The van der Waals surface area contributed by atoms with Gasteiger partial charge in [0, 0.05) is 17.2 Å². The Bertz CT molecular complexity index is 1900. The van der Waals surface area contributed by atoms with Crippen molar-refractivity contribution in [3.05, 3.63) is 102 Å². The lowest BCUT2D eigenvalue weighted by Gasteiger charge is -2.27. The number of carbonyl (C=O) groups is 2. The highest BCUT2D eigenvalue weighted by atomic mass is 32.1. The highest BCUT2D eigenvalue weighted by molar-refractivity contribution is 7.07. The van der Waals surface area contributed by atoms with Gasteiger partial charge < -0.3 is 23.7 Å². The van der Waals surface area contributed by atoms with Gasteiger partial charge in [-0.25, -0.2) is 14.6 Å². The molecular weight excluding hydrogens is 572 g/mol. The van der Waals surface area contributed by atoms with Gasteiger partial charge in [0.1, 0.15) is 29.1 Å². The van der Waals surface area contributed by atoms with Crippen LogP contribution in [-0.2, 0) is 9.53 Å². The number of fused-ring (bicyclic) bond motifs is 1. The van der Waals surface area contributed by atoms with Gasteiger partial charge in [-0.3, -0.25) is 9.36 Å². The van der Waals surface area contributed by atoms with Crippen LogP contribution in [0.1, 0.15) is 54.4 Å². The molecule has 0 amide bonds. The molecule has 1 aliphatic rings. The van der Waals surface area contributed by atoms with Gasteiger partial charge in [0.25, 0.3) is 5.56 Å². The number of carboxylic acids is 1. The molecule has 2 aromatic carbocycles. The summed E-state index contributed by atoms with van der Waals surface area (Å²) in [5.41, 5.74) is 1.89. The maximum atomic E-state index is 14.1. The van der Waals surface area contributed by atoms with Crippen LogP contribution in [0.2, 0.25) is 0 Å². The lowest BCUT2D eigenvalue weighted by molar-refractivity contribution is -0.139. The van der Waals surface area contributed by atoms with Gasteiger partial charge in [0.2, 0.25) is 0 Å². The molecule has 0 aliphatic carbocycles. The summed E-state index contributed by atoms with van der Waals surface area (Å²) < 4.78 is 24.5. The van der Waals surface area contributed by atoms with Gasteiger partial charge >= 0.3 is 11.9 Å². The first-order chi connectivity index (χ1) is 20.8. The molecule has 0 saturated carbocycles. The van der Waals surface area contributed by atoms with Crippen molar-refractivity contribution in [2.75, 3.05) is 20.8 Å². The van der Waals surface area contributed by atoms with Crippen LogP contribution in [0.3, 0.4) is 0 Å². The second kappa shape index (κ2) is 12.5. The molecule has 0 unspecified atom stereocenters. The maximum Gasteiger partial charge on any atom is 0.338 e. The van der Waals surface area contributed by atoms with E-state index in [-0.39, 0.29) is 23.3 Å². The van der Waals surface area contributed by atoms with E-state index in [1.807, 2.05) is 6.92 Å². The number of carbonyl (C=O) groups excluding carboxylic acids is 1. The van der Waals surface area contributed by atoms with E-state index < -0.39 is 18.0 Å². The maximum absolute atomic E-state index is 14.1. The monoisotopic (exact) mass is 602 g/mol. The molecule has 0 fully saturated rings. The first-order valence-corrected chi connectivity index (χ1v) is 14.5. The van der Waals surface area contributed by atoms with E-state index in [4.69, 9.17) is 28.7 Å². The zero-order chi connectivity index (χ0) is 30.7. The lowest BCUT2D eigenvalue weighted by atomic mass is 9.93. The summed E-state index contributed by atoms with van der Waals surface area (Å²) >= 11 is 1.19. The first-order valence-electron chi connectivity index (χ1n) is 13.7. The van der Waals surface area contributed by atoms with E-state index in [9.17, 15) is 14.4 Å². The summed E-state index contributed by atoms with van der Waals surface area (Å²) in [4.78, 5) is 43.9. The van der Waals surface area contributed by atoms with Crippen LogP contribution in [0.5, 0.6) is 11.5 Å². The average Bonchev–Trinajstić information content (AvgIpc) is 3.60. The number of carboxylic acid groups (broad SMARTS) is 1. The Morgan fingerprint density at radius 3 is 2.49 bits per heavy atom. The van der Waals surface area contributed by atoms with E-state index in [0.717, 1.165) is 6.42 Å². The third kappa shape index (κ3) is 5.76. The van der Waals surface area contributed by atoms with E-state index in [1.165, 1.54) is 35.1 Å². The Balaban J connectivity index is 1.68. The molecule has 0 spiro atoms. The number of esters is 1. The molecule has 2 aromatic heterocycles. The lowest BCUT2D eigenvalue weighted by Crippen LogP contribution is -2.40. The molecule has 43 heavy (non-hydrogen) atoms. The second-order valence-corrected chi connectivity index (χ2v) is 10.6. The van der Waals surface area contributed by atoms with Crippen molar-refractivity contribution in [1.29, 1.82) is 0 Å². The van der Waals surface area contributed by atoms with Crippen LogP contribution in [0.25, 0.3) is 17.4 Å². The van der Waals surface area contributed by atoms with Gasteiger partial charge in [0.15, 0.2) is 4.80 Å². The topological polar surface area (TPSA) is 130 Å². The fourth-order valence-electron chi connectivity index (χ4n) is 4.96. The second-order valence-electron chi connectivity index (χ2n) is 9.61. The number of hydrogen-bond acceptors (Lipinski definition) is 9. The number of rotatable bonds is 10. The predicted molar refractivity (Wildman–Crippen MR) is 160 cm³/mol. The van der Waals surface area contributed by atoms with Gasteiger partial charge in [-0.15, -0.1) is 0 Å². The van der Waals surface area contributed by atoms with Crippen molar-refractivity contribution in [2.24, 2.45) is 4.99 Å². The molecule has 222 valence electrons.